The van der Waals surface area contributed by atoms with Gasteiger partial charge in [-0.1, -0.05) is 43.3 Å². The van der Waals surface area contributed by atoms with E-state index in [0.29, 0.717) is 46.4 Å². The zero-order valence-corrected chi connectivity index (χ0v) is 27.1. The van der Waals surface area contributed by atoms with Gasteiger partial charge in [0.2, 0.25) is 12.7 Å². The van der Waals surface area contributed by atoms with Crippen LogP contribution in [0.1, 0.15) is 19.4 Å². The maximum Gasteiger partial charge on any atom is 0.323 e. The summed E-state index contributed by atoms with van der Waals surface area (Å²) in [5, 5.41) is 20.6. The topological polar surface area (TPSA) is 142 Å². The minimum absolute atomic E-state index is 0.00415. The molecule has 4 aromatic rings. The number of fused-ring (bicyclic) bond motifs is 3. The zero-order chi connectivity index (χ0) is 33.8. The second-order valence-corrected chi connectivity index (χ2v) is 12.2. The lowest BCUT2D eigenvalue weighted by Crippen LogP contribution is -2.48. The summed E-state index contributed by atoms with van der Waals surface area (Å²) in [6.45, 7) is 4.23. The molecule has 48 heavy (non-hydrogen) atoms. The van der Waals surface area contributed by atoms with E-state index >= 15 is 0 Å². The van der Waals surface area contributed by atoms with Crippen LogP contribution in [0.2, 0.25) is 0 Å². The Balaban J connectivity index is 1.20. The molecule has 0 aromatic heterocycles. The Bertz CT molecular complexity index is 1830. The van der Waals surface area contributed by atoms with Crippen molar-refractivity contribution in [2.45, 2.75) is 32.4 Å². The second-order valence-electron chi connectivity index (χ2n) is 12.2. The Kier molecular flexibility index (Phi) is 9.53. The summed E-state index contributed by atoms with van der Waals surface area (Å²) >= 11 is 0. The Morgan fingerprint density at radius 3 is 2.44 bits per heavy atom. The van der Waals surface area contributed by atoms with E-state index in [2.05, 4.69) is 16.0 Å². The van der Waals surface area contributed by atoms with Crippen molar-refractivity contribution in [3.05, 3.63) is 84.4 Å². The minimum atomic E-state index is -0.501. The van der Waals surface area contributed by atoms with Gasteiger partial charge in [-0.3, -0.25) is 4.79 Å². The molecule has 0 aliphatic carbocycles. The number of hydrogen-bond acceptors (Lipinski definition) is 7. The number of anilines is 3. The SMILES string of the molecule is C[C@H]1CN([C@@H](C)CO)C(=O)Cc2cc(NC(=O)Nc3ccc4c(c3)OCO4)ccc2O[C@H]1CN(C)C(=O)Nc1cccc2ccccc12. The minimum Gasteiger partial charge on any atom is -0.488 e. The van der Waals surface area contributed by atoms with Crippen LogP contribution >= 0.6 is 0 Å². The normalized spacial score (nSPS) is 17.7. The molecule has 0 fully saturated rings. The van der Waals surface area contributed by atoms with Crippen LogP contribution in [0.25, 0.3) is 10.8 Å². The van der Waals surface area contributed by atoms with Crippen molar-refractivity contribution in [2.75, 3.05) is 49.5 Å². The van der Waals surface area contributed by atoms with Gasteiger partial charge in [-0.05, 0) is 48.7 Å². The first-order valence-corrected chi connectivity index (χ1v) is 15.9. The standard InChI is InChI=1S/C36H39N5O7/c1-22-18-41(23(2)20-42)34(43)16-25-15-26(37-35(44)38-27-12-14-31-32(17-27)47-21-46-31)11-13-30(25)48-33(22)19-40(3)36(45)39-29-10-6-8-24-7-4-5-9-28(24)29/h4-15,17,22-23,33,42H,16,18-21H2,1-3H3,(H,39,45)(H2,37,38,44)/t22-,23-,33-/m0/s1. The van der Waals surface area contributed by atoms with Gasteiger partial charge in [0.1, 0.15) is 11.9 Å². The third-order valence-electron chi connectivity index (χ3n) is 8.64. The Morgan fingerprint density at radius 1 is 0.938 bits per heavy atom. The molecular formula is C36H39N5O7. The first kappa shape index (κ1) is 32.5. The number of likely N-dealkylation sites (N-methyl/N-ethyl adjacent to an activating group) is 1. The first-order chi connectivity index (χ1) is 23.2. The summed E-state index contributed by atoms with van der Waals surface area (Å²) in [6, 6.07) is 22.6. The highest BCUT2D eigenvalue weighted by Gasteiger charge is 2.32. The number of carbonyl (C=O) groups excluding carboxylic acids is 3. The number of amides is 5. The van der Waals surface area contributed by atoms with Crippen LogP contribution in [0, 0.1) is 5.92 Å². The molecule has 3 atom stereocenters. The highest BCUT2D eigenvalue weighted by molar-refractivity contribution is 6.02. The summed E-state index contributed by atoms with van der Waals surface area (Å²) in [5.74, 6) is 1.24. The van der Waals surface area contributed by atoms with Gasteiger partial charge in [0, 0.05) is 47.9 Å². The molecule has 2 aliphatic rings. The highest BCUT2D eigenvalue weighted by atomic mass is 16.7. The molecule has 5 amide bonds. The monoisotopic (exact) mass is 653 g/mol. The molecule has 250 valence electrons. The third-order valence-corrected chi connectivity index (χ3v) is 8.64. The number of nitrogens with one attached hydrogen (secondary N) is 3. The molecule has 6 rings (SSSR count). The molecular weight excluding hydrogens is 614 g/mol. The molecule has 0 spiro atoms. The first-order valence-electron chi connectivity index (χ1n) is 15.9. The fraction of sp³-hybridized carbons (Fsp3) is 0.306. The Labute approximate surface area is 278 Å². The molecule has 12 nitrogen and oxygen atoms in total. The third kappa shape index (κ3) is 7.23. The lowest BCUT2D eigenvalue weighted by molar-refractivity contribution is -0.134. The number of rotatable bonds is 7. The molecule has 0 bridgehead atoms. The number of benzene rings is 4. The molecule has 0 saturated carbocycles. The van der Waals surface area contributed by atoms with Gasteiger partial charge in [-0.2, -0.15) is 0 Å². The number of aliphatic hydroxyl groups excluding tert-OH is 1. The zero-order valence-electron chi connectivity index (χ0n) is 27.1. The second kappa shape index (κ2) is 14.1. The molecule has 0 saturated heterocycles. The van der Waals surface area contributed by atoms with Crippen molar-refractivity contribution in [1.29, 1.82) is 0 Å². The van der Waals surface area contributed by atoms with Crippen molar-refractivity contribution in [3.8, 4) is 17.2 Å². The number of urea groups is 2. The highest BCUT2D eigenvalue weighted by Crippen LogP contribution is 2.34. The summed E-state index contributed by atoms with van der Waals surface area (Å²) < 4.78 is 17.3. The number of ether oxygens (including phenoxy) is 3. The number of hydrogen-bond donors (Lipinski definition) is 4. The number of carbonyl (C=O) groups is 3. The van der Waals surface area contributed by atoms with Crippen LogP contribution in [-0.2, 0) is 11.2 Å². The van der Waals surface area contributed by atoms with Crippen LogP contribution in [0.3, 0.4) is 0 Å². The average molecular weight is 654 g/mol. The number of nitrogens with zero attached hydrogens (tertiary/aromatic N) is 2. The molecule has 2 aliphatic heterocycles. The quantitative estimate of drug-likeness (QED) is 0.206. The molecule has 4 N–H and O–H groups in total. The Hall–Kier alpha value is -5.49. The summed E-state index contributed by atoms with van der Waals surface area (Å²) in [6.07, 6.45) is -0.505. The summed E-state index contributed by atoms with van der Waals surface area (Å²) in [5.41, 5.74) is 2.26. The molecule has 4 aromatic carbocycles. The lowest BCUT2D eigenvalue weighted by atomic mass is 10.0. The van der Waals surface area contributed by atoms with Gasteiger partial charge in [0.15, 0.2) is 11.5 Å². The van der Waals surface area contributed by atoms with Crippen LogP contribution in [0.15, 0.2) is 78.9 Å². The lowest BCUT2D eigenvalue weighted by Gasteiger charge is -2.34. The van der Waals surface area contributed by atoms with E-state index in [1.807, 2.05) is 49.4 Å². The van der Waals surface area contributed by atoms with Gasteiger partial charge in [-0.15, -0.1) is 0 Å². The maximum absolute atomic E-state index is 13.6. The van der Waals surface area contributed by atoms with Gasteiger partial charge in [-0.25, -0.2) is 9.59 Å². The van der Waals surface area contributed by atoms with Crippen molar-refractivity contribution in [1.82, 2.24) is 9.80 Å². The predicted molar refractivity (Wildman–Crippen MR) is 183 cm³/mol. The van der Waals surface area contributed by atoms with E-state index in [9.17, 15) is 19.5 Å². The molecule has 0 radical (unpaired) electrons. The van der Waals surface area contributed by atoms with Gasteiger partial charge >= 0.3 is 12.1 Å². The molecule has 12 heteroatoms. The largest absolute Gasteiger partial charge is 0.488 e. The van der Waals surface area contributed by atoms with Crippen molar-refractivity contribution in [3.63, 3.8) is 0 Å². The summed E-state index contributed by atoms with van der Waals surface area (Å²) in [4.78, 5) is 43.1. The average Bonchev–Trinajstić information content (AvgIpc) is 3.56. The van der Waals surface area contributed by atoms with Crippen LogP contribution in [0.5, 0.6) is 17.2 Å². The fourth-order valence-corrected chi connectivity index (χ4v) is 5.89. The molecule has 0 unspecified atom stereocenters. The van der Waals surface area contributed by atoms with Crippen molar-refractivity contribution < 1.29 is 33.7 Å². The van der Waals surface area contributed by atoms with Gasteiger partial charge in [0.25, 0.3) is 0 Å². The van der Waals surface area contributed by atoms with Crippen LogP contribution in [-0.4, -0.2) is 78.6 Å². The van der Waals surface area contributed by atoms with Crippen molar-refractivity contribution in [2.24, 2.45) is 5.92 Å². The fourth-order valence-electron chi connectivity index (χ4n) is 5.89. The number of aliphatic hydroxyl groups is 1. The predicted octanol–water partition coefficient (Wildman–Crippen LogP) is 5.53. The van der Waals surface area contributed by atoms with Crippen molar-refractivity contribution >= 4 is 45.8 Å². The van der Waals surface area contributed by atoms with Gasteiger partial charge < -0.3 is 45.1 Å². The summed E-state index contributed by atoms with van der Waals surface area (Å²) in [7, 11) is 1.70. The van der Waals surface area contributed by atoms with Gasteiger partial charge in [0.05, 0.1) is 31.3 Å². The Morgan fingerprint density at radius 2 is 1.65 bits per heavy atom. The van der Waals surface area contributed by atoms with Crippen LogP contribution < -0.4 is 30.2 Å². The van der Waals surface area contributed by atoms with E-state index in [0.717, 1.165) is 10.8 Å². The van der Waals surface area contributed by atoms with E-state index in [1.165, 1.54) is 0 Å². The van der Waals surface area contributed by atoms with E-state index in [1.54, 1.807) is 60.2 Å². The van der Waals surface area contributed by atoms with E-state index < -0.39 is 18.2 Å². The smallest absolute Gasteiger partial charge is 0.323 e. The van der Waals surface area contributed by atoms with Crippen LogP contribution in [0.4, 0.5) is 26.7 Å². The maximum atomic E-state index is 13.6. The van der Waals surface area contributed by atoms with E-state index in [4.69, 9.17) is 14.2 Å². The molecule has 2 heterocycles. The van der Waals surface area contributed by atoms with E-state index in [-0.39, 0.29) is 44.2 Å².